The SMILES string of the molecule is Cc1cc(CNC(C(=O)O)c2ccccc2)c(C)n1C. The van der Waals surface area contributed by atoms with E-state index in [1.165, 1.54) is 5.69 Å². The lowest BCUT2D eigenvalue weighted by molar-refractivity contribution is -0.139. The number of nitrogens with zero attached hydrogens (tertiary/aromatic N) is 1. The van der Waals surface area contributed by atoms with Crippen LogP contribution in [-0.2, 0) is 18.4 Å². The summed E-state index contributed by atoms with van der Waals surface area (Å²) in [7, 11) is 2.01. The molecule has 4 nitrogen and oxygen atoms in total. The fourth-order valence-electron chi connectivity index (χ4n) is 2.32. The third kappa shape index (κ3) is 2.91. The van der Waals surface area contributed by atoms with Gasteiger partial charge < -0.3 is 9.67 Å². The number of carboxylic acids is 1. The van der Waals surface area contributed by atoms with Gasteiger partial charge in [-0.3, -0.25) is 10.1 Å². The van der Waals surface area contributed by atoms with Gasteiger partial charge in [0.15, 0.2) is 0 Å². The van der Waals surface area contributed by atoms with Gasteiger partial charge in [-0.2, -0.15) is 0 Å². The molecular formula is C16H20N2O2. The number of aryl methyl sites for hydroxylation is 1. The van der Waals surface area contributed by atoms with Crippen LogP contribution in [0.4, 0.5) is 0 Å². The largest absolute Gasteiger partial charge is 0.480 e. The molecule has 1 heterocycles. The first kappa shape index (κ1) is 14.3. The number of benzene rings is 1. The minimum absolute atomic E-state index is 0.541. The second-order valence-corrected chi connectivity index (χ2v) is 5.02. The summed E-state index contributed by atoms with van der Waals surface area (Å²) in [5.74, 6) is -0.860. The molecule has 0 amide bonds. The first-order chi connectivity index (χ1) is 9.50. The summed E-state index contributed by atoms with van der Waals surface area (Å²) in [5.41, 5.74) is 4.23. The van der Waals surface area contributed by atoms with E-state index in [9.17, 15) is 9.90 Å². The standard InChI is InChI=1S/C16H20N2O2/c1-11-9-14(12(2)18(11)3)10-17-15(16(19)20)13-7-5-4-6-8-13/h4-9,15,17H,10H2,1-3H3,(H,19,20). The van der Waals surface area contributed by atoms with Gasteiger partial charge in [-0.25, -0.2) is 0 Å². The van der Waals surface area contributed by atoms with E-state index >= 15 is 0 Å². The van der Waals surface area contributed by atoms with Crippen LogP contribution in [-0.4, -0.2) is 15.6 Å². The lowest BCUT2D eigenvalue weighted by Crippen LogP contribution is -2.28. The molecule has 20 heavy (non-hydrogen) atoms. The van der Waals surface area contributed by atoms with Crippen molar-refractivity contribution >= 4 is 5.97 Å². The van der Waals surface area contributed by atoms with Crippen molar-refractivity contribution in [2.24, 2.45) is 7.05 Å². The van der Waals surface area contributed by atoms with Gasteiger partial charge >= 0.3 is 5.97 Å². The summed E-state index contributed by atoms with van der Waals surface area (Å²) in [5, 5.41) is 12.5. The number of carboxylic acid groups (broad SMARTS) is 1. The number of nitrogens with one attached hydrogen (secondary N) is 1. The summed E-state index contributed by atoms with van der Waals surface area (Å²) >= 11 is 0. The van der Waals surface area contributed by atoms with Crippen molar-refractivity contribution in [3.05, 3.63) is 58.9 Å². The van der Waals surface area contributed by atoms with Crippen molar-refractivity contribution in [1.82, 2.24) is 9.88 Å². The maximum absolute atomic E-state index is 11.4. The van der Waals surface area contributed by atoms with Gasteiger partial charge in [-0.1, -0.05) is 30.3 Å². The molecule has 0 saturated carbocycles. The molecule has 1 aromatic heterocycles. The Kier molecular flexibility index (Phi) is 4.25. The molecule has 2 aromatic rings. The zero-order valence-electron chi connectivity index (χ0n) is 12.1. The molecule has 2 rings (SSSR count). The van der Waals surface area contributed by atoms with Crippen LogP contribution >= 0.6 is 0 Å². The molecular weight excluding hydrogens is 252 g/mol. The highest BCUT2D eigenvalue weighted by Crippen LogP contribution is 2.17. The van der Waals surface area contributed by atoms with Crippen molar-refractivity contribution in [2.45, 2.75) is 26.4 Å². The average molecular weight is 272 g/mol. The predicted molar refractivity (Wildman–Crippen MR) is 78.5 cm³/mol. The van der Waals surface area contributed by atoms with E-state index < -0.39 is 12.0 Å². The van der Waals surface area contributed by atoms with Crippen LogP contribution in [0.2, 0.25) is 0 Å². The van der Waals surface area contributed by atoms with Crippen LogP contribution in [0.1, 0.15) is 28.6 Å². The van der Waals surface area contributed by atoms with Crippen LogP contribution in [0.5, 0.6) is 0 Å². The topological polar surface area (TPSA) is 54.3 Å². The normalized spacial score (nSPS) is 12.3. The second kappa shape index (κ2) is 5.92. The van der Waals surface area contributed by atoms with E-state index in [2.05, 4.69) is 16.0 Å². The number of rotatable bonds is 5. The predicted octanol–water partition coefficient (Wildman–Crippen LogP) is 2.56. The Labute approximate surface area is 119 Å². The minimum atomic E-state index is -0.860. The van der Waals surface area contributed by atoms with E-state index in [-0.39, 0.29) is 0 Å². The zero-order valence-corrected chi connectivity index (χ0v) is 12.1. The zero-order chi connectivity index (χ0) is 14.7. The molecule has 1 aromatic carbocycles. The van der Waals surface area contributed by atoms with Crippen LogP contribution in [0.3, 0.4) is 0 Å². The molecule has 4 heteroatoms. The lowest BCUT2D eigenvalue weighted by atomic mass is 10.1. The minimum Gasteiger partial charge on any atom is -0.480 e. The molecule has 0 radical (unpaired) electrons. The third-order valence-electron chi connectivity index (χ3n) is 3.76. The molecule has 0 aliphatic rings. The van der Waals surface area contributed by atoms with Crippen molar-refractivity contribution in [2.75, 3.05) is 0 Å². The first-order valence-corrected chi connectivity index (χ1v) is 6.63. The molecule has 1 unspecified atom stereocenters. The lowest BCUT2D eigenvalue weighted by Gasteiger charge is -2.15. The van der Waals surface area contributed by atoms with E-state index in [1.54, 1.807) is 0 Å². The molecule has 0 aliphatic heterocycles. The number of hydrogen-bond acceptors (Lipinski definition) is 2. The maximum Gasteiger partial charge on any atom is 0.325 e. The van der Waals surface area contributed by atoms with Gasteiger partial charge in [0.05, 0.1) is 0 Å². The van der Waals surface area contributed by atoms with Crippen LogP contribution in [0, 0.1) is 13.8 Å². The van der Waals surface area contributed by atoms with Gasteiger partial charge in [-0.05, 0) is 31.0 Å². The summed E-state index contributed by atoms with van der Waals surface area (Å²) in [6, 6.07) is 10.6. The highest BCUT2D eigenvalue weighted by Gasteiger charge is 2.19. The number of carbonyl (C=O) groups is 1. The van der Waals surface area contributed by atoms with Gasteiger partial charge in [0, 0.05) is 25.0 Å². The Hall–Kier alpha value is -2.07. The Morgan fingerprint density at radius 1 is 1.30 bits per heavy atom. The van der Waals surface area contributed by atoms with E-state index in [1.807, 2.05) is 51.2 Å². The Balaban J connectivity index is 2.14. The highest BCUT2D eigenvalue weighted by atomic mass is 16.4. The number of aliphatic carboxylic acids is 1. The third-order valence-corrected chi connectivity index (χ3v) is 3.76. The molecule has 0 fully saturated rings. The molecule has 0 saturated heterocycles. The summed E-state index contributed by atoms with van der Waals surface area (Å²) in [6.45, 7) is 4.63. The molecule has 2 N–H and O–H groups in total. The fraction of sp³-hybridized carbons (Fsp3) is 0.312. The van der Waals surface area contributed by atoms with E-state index in [4.69, 9.17) is 0 Å². The van der Waals surface area contributed by atoms with Crippen LogP contribution in [0.15, 0.2) is 36.4 Å². The Morgan fingerprint density at radius 3 is 2.45 bits per heavy atom. The second-order valence-electron chi connectivity index (χ2n) is 5.02. The van der Waals surface area contributed by atoms with Crippen molar-refractivity contribution in [1.29, 1.82) is 0 Å². The maximum atomic E-state index is 11.4. The van der Waals surface area contributed by atoms with Crippen LogP contribution in [0.25, 0.3) is 0 Å². The van der Waals surface area contributed by atoms with E-state index in [0.717, 1.165) is 16.8 Å². The molecule has 1 atom stereocenters. The van der Waals surface area contributed by atoms with Gasteiger partial charge in [0.25, 0.3) is 0 Å². The highest BCUT2D eigenvalue weighted by molar-refractivity contribution is 5.75. The Morgan fingerprint density at radius 2 is 1.95 bits per heavy atom. The molecule has 0 bridgehead atoms. The Bertz CT molecular complexity index is 602. The van der Waals surface area contributed by atoms with Gasteiger partial charge in [0.1, 0.15) is 6.04 Å². The van der Waals surface area contributed by atoms with Gasteiger partial charge in [0.2, 0.25) is 0 Å². The quantitative estimate of drug-likeness (QED) is 0.879. The van der Waals surface area contributed by atoms with Crippen molar-refractivity contribution < 1.29 is 9.90 Å². The summed E-state index contributed by atoms with van der Waals surface area (Å²) < 4.78 is 2.11. The van der Waals surface area contributed by atoms with E-state index in [0.29, 0.717) is 6.54 Å². The monoisotopic (exact) mass is 272 g/mol. The summed E-state index contributed by atoms with van der Waals surface area (Å²) in [4.78, 5) is 11.4. The summed E-state index contributed by atoms with van der Waals surface area (Å²) in [6.07, 6.45) is 0. The molecule has 0 aliphatic carbocycles. The van der Waals surface area contributed by atoms with Crippen molar-refractivity contribution in [3.8, 4) is 0 Å². The fourth-order valence-corrected chi connectivity index (χ4v) is 2.32. The smallest absolute Gasteiger partial charge is 0.325 e. The average Bonchev–Trinajstić information content (AvgIpc) is 2.67. The molecule has 0 spiro atoms. The number of aromatic nitrogens is 1. The van der Waals surface area contributed by atoms with Gasteiger partial charge in [-0.15, -0.1) is 0 Å². The van der Waals surface area contributed by atoms with Crippen molar-refractivity contribution in [3.63, 3.8) is 0 Å². The van der Waals surface area contributed by atoms with Crippen LogP contribution < -0.4 is 5.32 Å². The molecule has 106 valence electrons. The number of hydrogen-bond donors (Lipinski definition) is 2. The first-order valence-electron chi connectivity index (χ1n) is 6.63.